The largest absolute Gasteiger partial charge is 0.494 e. The minimum Gasteiger partial charge on any atom is -0.494 e. The number of aliphatic imine (C=N–C) groups is 1. The Morgan fingerprint density at radius 3 is 2.37 bits per heavy atom. The van der Waals surface area contributed by atoms with Crippen molar-refractivity contribution in [3.63, 3.8) is 0 Å². The van der Waals surface area contributed by atoms with Crippen LogP contribution in [0, 0.1) is 0 Å². The summed E-state index contributed by atoms with van der Waals surface area (Å²) < 4.78 is 18.4. The van der Waals surface area contributed by atoms with Crippen LogP contribution in [0.15, 0.2) is 58.0 Å². The van der Waals surface area contributed by atoms with Crippen LogP contribution in [0.1, 0.15) is 57.3 Å². The minimum absolute atomic E-state index is 0.0249. The van der Waals surface area contributed by atoms with Crippen LogP contribution in [0.3, 0.4) is 0 Å². The van der Waals surface area contributed by atoms with Gasteiger partial charge in [0.15, 0.2) is 11.6 Å². The fourth-order valence-electron chi connectivity index (χ4n) is 3.99. The first-order valence-electron chi connectivity index (χ1n) is 12.5. The molecule has 2 N–H and O–H groups in total. The van der Waals surface area contributed by atoms with Crippen LogP contribution in [0.4, 0.5) is 0 Å². The maximum atomic E-state index is 13.8. The number of nitrogens with one attached hydrogen (secondary N) is 1. The molecule has 206 valence electrons. The van der Waals surface area contributed by atoms with Crippen molar-refractivity contribution in [2.75, 3.05) is 27.3 Å². The Labute approximate surface area is 232 Å². The maximum Gasteiger partial charge on any atom is 0.306 e. The van der Waals surface area contributed by atoms with Crippen LogP contribution in [0.25, 0.3) is 0 Å². The maximum absolute atomic E-state index is 13.8. The average molecular weight is 591 g/mol. The van der Waals surface area contributed by atoms with Gasteiger partial charge in [-0.25, -0.2) is 10.0 Å². The van der Waals surface area contributed by atoms with E-state index < -0.39 is 29.1 Å². The van der Waals surface area contributed by atoms with Crippen LogP contribution in [-0.4, -0.2) is 66.3 Å². The molecule has 0 saturated carbocycles. The molecule has 0 saturated heterocycles. The van der Waals surface area contributed by atoms with Gasteiger partial charge in [0.05, 0.1) is 6.61 Å². The van der Waals surface area contributed by atoms with Crippen LogP contribution < -0.4 is 10.2 Å². The number of halogens is 1. The summed E-state index contributed by atoms with van der Waals surface area (Å²) in [5.41, 5.74) is 2.15. The first-order valence-corrected chi connectivity index (χ1v) is 13.3. The summed E-state index contributed by atoms with van der Waals surface area (Å²) in [4.78, 5) is 31.3. The van der Waals surface area contributed by atoms with Crippen molar-refractivity contribution in [1.29, 1.82) is 0 Å². The molecule has 9 nitrogen and oxygen atoms in total. The first kappa shape index (κ1) is 29.6. The van der Waals surface area contributed by atoms with Gasteiger partial charge in [0.1, 0.15) is 11.4 Å². The number of hydrogen-bond donors (Lipinski definition) is 2. The van der Waals surface area contributed by atoms with Gasteiger partial charge < -0.3 is 19.3 Å². The van der Waals surface area contributed by atoms with Crippen LogP contribution in [-0.2, 0) is 19.1 Å². The molecule has 38 heavy (non-hydrogen) atoms. The smallest absolute Gasteiger partial charge is 0.306 e. The molecule has 0 radical (unpaired) electrons. The Kier molecular flexibility index (Phi) is 9.92. The molecular weight excluding hydrogens is 554 g/mol. The normalized spacial score (nSPS) is 19.1. The van der Waals surface area contributed by atoms with Crippen LogP contribution in [0.2, 0.25) is 0 Å². The van der Waals surface area contributed by atoms with Crippen molar-refractivity contribution in [2.45, 2.75) is 57.3 Å². The highest BCUT2D eigenvalue weighted by molar-refractivity contribution is 9.10. The molecule has 0 unspecified atom stereocenters. The van der Waals surface area contributed by atoms with Gasteiger partial charge in [-0.05, 0) is 69.2 Å². The molecule has 0 aliphatic carbocycles. The summed E-state index contributed by atoms with van der Waals surface area (Å²) in [6.45, 7) is 5.86. The van der Waals surface area contributed by atoms with Crippen molar-refractivity contribution < 1.29 is 28.9 Å². The second-order valence-electron chi connectivity index (χ2n) is 10.3. The van der Waals surface area contributed by atoms with E-state index in [0.29, 0.717) is 24.3 Å². The summed E-state index contributed by atoms with van der Waals surface area (Å²) in [6, 6.07) is 14.7. The van der Waals surface area contributed by atoms with E-state index in [9.17, 15) is 9.59 Å². The molecule has 3 rings (SSSR count). The zero-order valence-electron chi connectivity index (χ0n) is 22.5. The summed E-state index contributed by atoms with van der Waals surface area (Å²) in [5.74, 6) is 0.125. The van der Waals surface area contributed by atoms with Gasteiger partial charge in [0.25, 0.3) is 5.91 Å². The first-order chi connectivity index (χ1) is 17.9. The molecule has 10 heteroatoms. The highest BCUT2D eigenvalue weighted by Crippen LogP contribution is 2.43. The molecule has 0 aromatic heterocycles. The lowest BCUT2D eigenvalue weighted by atomic mass is 9.83. The third-order valence-corrected chi connectivity index (χ3v) is 6.19. The monoisotopic (exact) mass is 589 g/mol. The number of aliphatic hydroxyl groups excluding tert-OH is 1. The van der Waals surface area contributed by atoms with Crippen molar-refractivity contribution in [1.82, 2.24) is 10.4 Å². The van der Waals surface area contributed by atoms with E-state index in [0.717, 1.165) is 10.0 Å². The predicted molar refractivity (Wildman–Crippen MR) is 148 cm³/mol. The summed E-state index contributed by atoms with van der Waals surface area (Å²) in [7, 11) is 3.42. The third-order valence-electron chi connectivity index (χ3n) is 5.66. The molecule has 1 amide bonds. The Balaban J connectivity index is 2.01. The SMILES string of the molecule is CN(C)NC(=O)[C@@]1(CCC(=O)OC(C)(C)C)N=C(c2ccc(OCCCO)cc2)O[C@H]1c1ccc(Br)cc1. The average Bonchev–Trinajstić information content (AvgIpc) is 3.23. The molecule has 0 fully saturated rings. The summed E-state index contributed by atoms with van der Waals surface area (Å²) in [6.07, 6.45) is -0.196. The molecule has 0 spiro atoms. The number of carbonyl (C=O) groups is 2. The van der Waals surface area contributed by atoms with Crippen molar-refractivity contribution in [3.05, 3.63) is 64.1 Å². The van der Waals surface area contributed by atoms with Gasteiger partial charge in [-0.15, -0.1) is 0 Å². The lowest BCUT2D eigenvalue weighted by Crippen LogP contribution is -2.52. The number of aliphatic hydroxyl groups is 1. The number of carbonyl (C=O) groups excluding carboxylic acids is 2. The van der Waals surface area contributed by atoms with Gasteiger partial charge in [0.2, 0.25) is 5.90 Å². The van der Waals surface area contributed by atoms with Gasteiger partial charge in [-0.3, -0.25) is 15.0 Å². The second kappa shape index (κ2) is 12.7. The number of hydrogen-bond acceptors (Lipinski definition) is 8. The summed E-state index contributed by atoms with van der Waals surface area (Å²) in [5, 5.41) is 10.5. The number of rotatable bonds is 11. The van der Waals surface area contributed by atoms with E-state index in [1.54, 1.807) is 64.1 Å². The van der Waals surface area contributed by atoms with E-state index in [1.165, 1.54) is 0 Å². The molecule has 1 aliphatic rings. The van der Waals surface area contributed by atoms with Crippen molar-refractivity contribution in [3.8, 4) is 5.75 Å². The van der Waals surface area contributed by atoms with E-state index in [2.05, 4.69) is 21.4 Å². The summed E-state index contributed by atoms with van der Waals surface area (Å²) >= 11 is 3.46. The van der Waals surface area contributed by atoms with Gasteiger partial charge in [0, 0.05) is 43.6 Å². The quantitative estimate of drug-likeness (QED) is 0.230. The molecule has 1 heterocycles. The number of nitrogens with zero attached hydrogens (tertiary/aromatic N) is 2. The van der Waals surface area contributed by atoms with Crippen molar-refractivity contribution in [2.24, 2.45) is 4.99 Å². The second-order valence-corrected chi connectivity index (χ2v) is 11.2. The number of amides is 1. The van der Waals surface area contributed by atoms with Gasteiger partial charge >= 0.3 is 5.97 Å². The lowest BCUT2D eigenvalue weighted by molar-refractivity contribution is -0.155. The molecular formula is C28H36BrN3O6. The lowest BCUT2D eigenvalue weighted by Gasteiger charge is -2.32. The van der Waals surface area contributed by atoms with E-state index in [1.807, 2.05) is 24.3 Å². The Morgan fingerprint density at radius 2 is 1.79 bits per heavy atom. The standard InChI is InChI=1S/C28H36BrN3O6/c1-27(2,3)38-23(34)15-16-28(26(35)31-32(4)5)24(19-7-11-21(29)12-8-19)37-25(30-28)20-9-13-22(14-10-20)36-18-6-17-33/h7-14,24,33H,6,15-18H2,1-5H3,(H,31,35)/t24-,28-/m0/s1. The highest BCUT2D eigenvalue weighted by Gasteiger charge is 2.53. The third kappa shape index (κ3) is 7.78. The molecule has 2 aromatic carbocycles. The molecule has 2 aromatic rings. The Hall–Kier alpha value is -2.95. The molecule has 2 atom stereocenters. The topological polar surface area (TPSA) is 110 Å². The highest BCUT2D eigenvalue weighted by atomic mass is 79.9. The zero-order valence-corrected chi connectivity index (χ0v) is 24.1. The number of benzene rings is 2. The zero-order chi connectivity index (χ0) is 27.9. The number of esters is 1. The van der Waals surface area contributed by atoms with Gasteiger partial charge in [-0.1, -0.05) is 28.1 Å². The van der Waals surface area contributed by atoms with Gasteiger partial charge in [-0.2, -0.15) is 0 Å². The Bertz CT molecular complexity index is 1130. The molecule has 0 bridgehead atoms. The van der Waals surface area contributed by atoms with E-state index in [-0.39, 0.29) is 25.3 Å². The van der Waals surface area contributed by atoms with Crippen LogP contribution >= 0.6 is 15.9 Å². The van der Waals surface area contributed by atoms with E-state index >= 15 is 0 Å². The number of ether oxygens (including phenoxy) is 3. The molecule has 1 aliphatic heterocycles. The van der Waals surface area contributed by atoms with E-state index in [4.69, 9.17) is 24.3 Å². The number of hydrazine groups is 1. The Morgan fingerprint density at radius 1 is 1.13 bits per heavy atom. The fraction of sp³-hybridized carbons (Fsp3) is 0.464. The van der Waals surface area contributed by atoms with Crippen LogP contribution in [0.5, 0.6) is 5.75 Å². The van der Waals surface area contributed by atoms with Crippen molar-refractivity contribution >= 4 is 33.7 Å². The minimum atomic E-state index is -1.43. The predicted octanol–water partition coefficient (Wildman–Crippen LogP) is 4.18. The fourth-order valence-corrected chi connectivity index (χ4v) is 4.26.